The van der Waals surface area contributed by atoms with Crippen molar-refractivity contribution < 1.29 is 22.7 Å². The van der Waals surface area contributed by atoms with Crippen LogP contribution in [-0.2, 0) is 21.2 Å². The summed E-state index contributed by atoms with van der Waals surface area (Å²) in [6.45, 7) is 1.28. The molecule has 1 fully saturated rings. The zero-order valence-electron chi connectivity index (χ0n) is 15.9. The van der Waals surface area contributed by atoms with E-state index in [4.69, 9.17) is 0 Å². The molecule has 1 aliphatic heterocycles. The van der Waals surface area contributed by atoms with E-state index in [1.165, 1.54) is 17.5 Å². The number of carbonyl (C=O) groups is 2. The first-order valence-electron chi connectivity index (χ1n) is 9.04. The van der Waals surface area contributed by atoms with Gasteiger partial charge in [0, 0.05) is 31.1 Å². The van der Waals surface area contributed by atoms with E-state index < -0.39 is 21.9 Å². The molecule has 7 nitrogen and oxygen atoms in total. The van der Waals surface area contributed by atoms with Crippen LogP contribution < -0.4 is 5.32 Å². The van der Waals surface area contributed by atoms with Crippen LogP contribution in [0, 0.1) is 0 Å². The van der Waals surface area contributed by atoms with Crippen LogP contribution in [0.15, 0.2) is 40.6 Å². The first-order valence-corrected chi connectivity index (χ1v) is 12.5. The summed E-state index contributed by atoms with van der Waals surface area (Å²) in [5.41, 5.74) is 1.41. The fraction of sp³-hybridized carbons (Fsp3) is 0.368. The van der Waals surface area contributed by atoms with E-state index in [0.717, 1.165) is 28.4 Å². The van der Waals surface area contributed by atoms with Crippen LogP contribution in [0.1, 0.15) is 25.6 Å². The molecular weight excluding hydrogens is 432 g/mol. The number of benzene rings is 1. The summed E-state index contributed by atoms with van der Waals surface area (Å²) in [7, 11) is -2.33. The monoisotopic (exact) mass is 454 g/mol. The van der Waals surface area contributed by atoms with Crippen molar-refractivity contribution in [3.63, 3.8) is 0 Å². The molecule has 1 amide bonds. The van der Waals surface area contributed by atoms with Gasteiger partial charge >= 0.3 is 5.97 Å². The topological polar surface area (TPSA) is 92.8 Å². The first-order chi connectivity index (χ1) is 13.9. The van der Waals surface area contributed by atoms with Crippen molar-refractivity contribution in [2.24, 2.45) is 0 Å². The van der Waals surface area contributed by atoms with Gasteiger partial charge in [-0.2, -0.15) is 16.1 Å². The molecule has 0 radical (unpaired) electrons. The number of amides is 1. The highest BCUT2D eigenvalue weighted by Crippen LogP contribution is 2.27. The number of thioether (sulfide) groups is 1. The molecule has 3 rings (SSSR count). The number of esters is 1. The summed E-state index contributed by atoms with van der Waals surface area (Å²) in [5, 5.41) is 4.42. The van der Waals surface area contributed by atoms with Gasteiger partial charge in [0.2, 0.25) is 10.0 Å². The highest BCUT2D eigenvalue weighted by Gasteiger charge is 2.31. The van der Waals surface area contributed by atoms with Gasteiger partial charge in [0.1, 0.15) is 9.77 Å². The smallest absolute Gasteiger partial charge is 0.337 e. The van der Waals surface area contributed by atoms with Gasteiger partial charge in [-0.3, -0.25) is 4.79 Å². The lowest BCUT2D eigenvalue weighted by molar-refractivity contribution is 0.0600. The summed E-state index contributed by atoms with van der Waals surface area (Å²) in [4.78, 5) is 24.3. The minimum atomic E-state index is -3.66. The lowest BCUT2D eigenvalue weighted by Crippen LogP contribution is -2.38. The van der Waals surface area contributed by atoms with Gasteiger partial charge in [-0.15, -0.1) is 11.3 Å². The van der Waals surface area contributed by atoms with E-state index in [-0.39, 0.29) is 9.77 Å². The molecule has 0 aliphatic carbocycles. The fourth-order valence-electron chi connectivity index (χ4n) is 2.92. The molecule has 10 heteroatoms. The van der Waals surface area contributed by atoms with E-state index in [1.807, 2.05) is 0 Å². The van der Waals surface area contributed by atoms with Crippen molar-refractivity contribution in [1.82, 2.24) is 9.62 Å². The van der Waals surface area contributed by atoms with Crippen molar-refractivity contribution in [3.05, 3.63) is 51.7 Å². The molecule has 2 heterocycles. The lowest BCUT2D eigenvalue weighted by atomic mass is 10.1. The van der Waals surface area contributed by atoms with Crippen LogP contribution in [0.2, 0.25) is 0 Å². The second-order valence-electron chi connectivity index (χ2n) is 6.32. The zero-order valence-corrected chi connectivity index (χ0v) is 18.4. The second kappa shape index (κ2) is 9.75. The van der Waals surface area contributed by atoms with E-state index in [2.05, 4.69) is 10.1 Å². The minimum absolute atomic E-state index is 0.0781. The van der Waals surface area contributed by atoms with Crippen LogP contribution in [0.4, 0.5) is 0 Å². The average molecular weight is 455 g/mol. The summed E-state index contributed by atoms with van der Waals surface area (Å²) in [5.74, 6) is 0.735. The van der Waals surface area contributed by atoms with Crippen molar-refractivity contribution in [3.8, 4) is 0 Å². The maximum absolute atomic E-state index is 12.9. The van der Waals surface area contributed by atoms with Crippen LogP contribution in [0.25, 0.3) is 0 Å². The molecule has 29 heavy (non-hydrogen) atoms. The quantitative estimate of drug-likeness (QED) is 0.645. The number of thiophene rings is 1. The van der Waals surface area contributed by atoms with Crippen molar-refractivity contribution in [2.45, 2.75) is 11.3 Å². The Morgan fingerprint density at radius 2 is 1.83 bits per heavy atom. The Bertz CT molecular complexity index is 964. The number of carbonyl (C=O) groups excluding carboxylic acids is 2. The number of hydrogen-bond donors (Lipinski definition) is 1. The SMILES string of the molecule is COC(=O)c1ccc(CCNC(=O)c2sccc2S(=O)(=O)N2CCSCC2)cc1. The van der Waals surface area contributed by atoms with Crippen LogP contribution in [0.5, 0.6) is 0 Å². The van der Waals surface area contributed by atoms with Gasteiger partial charge in [0.05, 0.1) is 12.7 Å². The van der Waals surface area contributed by atoms with E-state index in [9.17, 15) is 18.0 Å². The molecule has 2 aromatic rings. The van der Waals surface area contributed by atoms with Crippen molar-refractivity contribution >= 4 is 45.0 Å². The number of sulfonamides is 1. The highest BCUT2D eigenvalue weighted by atomic mass is 32.2. The Balaban J connectivity index is 1.61. The Morgan fingerprint density at radius 3 is 2.48 bits per heavy atom. The molecule has 0 atom stereocenters. The Kier molecular flexibility index (Phi) is 7.33. The predicted octanol–water partition coefficient (Wildman–Crippen LogP) is 2.24. The van der Waals surface area contributed by atoms with Gasteiger partial charge in [-0.25, -0.2) is 13.2 Å². The molecular formula is C19H22N2O5S3. The van der Waals surface area contributed by atoms with Crippen LogP contribution in [-0.4, -0.2) is 62.8 Å². The summed E-state index contributed by atoms with van der Waals surface area (Å²) < 4.78 is 31.9. The molecule has 1 saturated heterocycles. The molecule has 0 spiro atoms. The predicted molar refractivity (Wildman–Crippen MR) is 114 cm³/mol. The summed E-state index contributed by atoms with van der Waals surface area (Å²) >= 11 is 2.85. The molecule has 1 aromatic heterocycles. The van der Waals surface area contributed by atoms with E-state index >= 15 is 0 Å². The maximum atomic E-state index is 12.9. The number of ether oxygens (including phenoxy) is 1. The fourth-order valence-corrected chi connectivity index (χ4v) is 6.81. The Labute approximate surface area is 178 Å². The minimum Gasteiger partial charge on any atom is -0.465 e. The second-order valence-corrected chi connectivity index (χ2v) is 10.4. The van der Waals surface area contributed by atoms with Gasteiger partial charge in [0.15, 0.2) is 0 Å². The molecule has 1 N–H and O–H groups in total. The molecule has 0 bridgehead atoms. The van der Waals surface area contributed by atoms with Crippen LogP contribution >= 0.6 is 23.1 Å². The Hall–Kier alpha value is -1.88. The van der Waals surface area contributed by atoms with E-state index in [0.29, 0.717) is 31.6 Å². The largest absolute Gasteiger partial charge is 0.465 e. The summed E-state index contributed by atoms with van der Waals surface area (Å²) in [6.07, 6.45) is 0.560. The number of nitrogens with zero attached hydrogens (tertiary/aromatic N) is 1. The molecule has 0 saturated carbocycles. The number of nitrogens with one attached hydrogen (secondary N) is 1. The maximum Gasteiger partial charge on any atom is 0.337 e. The van der Waals surface area contributed by atoms with Crippen LogP contribution in [0.3, 0.4) is 0 Å². The molecule has 1 aliphatic rings. The summed E-state index contributed by atoms with van der Waals surface area (Å²) in [6, 6.07) is 8.44. The Morgan fingerprint density at radius 1 is 1.14 bits per heavy atom. The number of rotatable bonds is 7. The highest BCUT2D eigenvalue weighted by molar-refractivity contribution is 7.99. The van der Waals surface area contributed by atoms with Gasteiger partial charge < -0.3 is 10.1 Å². The third-order valence-electron chi connectivity index (χ3n) is 4.50. The van der Waals surface area contributed by atoms with E-state index in [1.54, 1.807) is 41.4 Å². The third-order valence-corrected chi connectivity index (χ3v) is 8.42. The lowest BCUT2D eigenvalue weighted by Gasteiger charge is -2.25. The number of methoxy groups -OCH3 is 1. The van der Waals surface area contributed by atoms with Crippen molar-refractivity contribution in [2.75, 3.05) is 38.2 Å². The zero-order chi connectivity index (χ0) is 20.9. The number of hydrogen-bond acceptors (Lipinski definition) is 7. The average Bonchev–Trinajstić information content (AvgIpc) is 3.25. The molecule has 1 aromatic carbocycles. The molecule has 156 valence electrons. The standard InChI is InChI=1S/C19H22N2O5S3/c1-26-19(23)15-4-2-14(3-5-15)6-8-20-18(22)17-16(7-11-28-17)29(24,25)21-9-12-27-13-10-21/h2-5,7,11H,6,8-10,12-13H2,1H3,(H,20,22). The first kappa shape index (κ1) is 21.8. The van der Waals surface area contributed by atoms with Gasteiger partial charge in [-0.05, 0) is 35.6 Å². The molecule has 0 unspecified atom stereocenters. The van der Waals surface area contributed by atoms with Crippen molar-refractivity contribution in [1.29, 1.82) is 0 Å². The third kappa shape index (κ3) is 5.19. The van der Waals surface area contributed by atoms with Gasteiger partial charge in [0.25, 0.3) is 5.91 Å². The normalized spacial score (nSPS) is 15.1. The van der Waals surface area contributed by atoms with Gasteiger partial charge in [-0.1, -0.05) is 12.1 Å².